The molecule has 1 aliphatic rings. The lowest BCUT2D eigenvalue weighted by atomic mass is 10.0. The average Bonchev–Trinajstić information content (AvgIpc) is 2.77. The predicted molar refractivity (Wildman–Crippen MR) is 73.6 cm³/mol. The molecule has 1 saturated heterocycles. The lowest BCUT2D eigenvalue weighted by molar-refractivity contribution is -0.118. The van der Waals surface area contributed by atoms with Gasteiger partial charge in [0.25, 0.3) is 0 Å². The maximum Gasteiger partial charge on any atom is 0.241 e. The van der Waals surface area contributed by atoms with Gasteiger partial charge in [0.05, 0.1) is 6.04 Å². The van der Waals surface area contributed by atoms with Gasteiger partial charge in [0, 0.05) is 17.8 Å². The first kappa shape index (κ1) is 13.1. The minimum absolute atomic E-state index is 0.00863. The van der Waals surface area contributed by atoms with Gasteiger partial charge in [0.1, 0.15) is 0 Å². The fourth-order valence-corrected chi connectivity index (χ4v) is 2.30. The summed E-state index contributed by atoms with van der Waals surface area (Å²) in [5.41, 5.74) is 0.860. The number of hydrogen-bond acceptors (Lipinski definition) is 3. The van der Waals surface area contributed by atoms with Crippen LogP contribution in [0, 0.1) is 0 Å². The summed E-state index contributed by atoms with van der Waals surface area (Å²) in [5, 5.41) is 9.62. The Morgan fingerprint density at radius 3 is 2.72 bits per heavy atom. The van der Waals surface area contributed by atoms with Gasteiger partial charge >= 0.3 is 0 Å². The predicted octanol–water partition coefficient (Wildman–Crippen LogP) is 1.36. The largest absolute Gasteiger partial charge is 0.325 e. The summed E-state index contributed by atoms with van der Waals surface area (Å²) in [5.74, 6) is 0.00863. The molecule has 1 amide bonds. The van der Waals surface area contributed by atoms with Gasteiger partial charge in [-0.05, 0) is 38.9 Å². The first-order valence-corrected chi connectivity index (χ1v) is 6.43. The molecule has 0 aromatic heterocycles. The Hall–Kier alpha value is -1.39. The molecule has 4 nitrogen and oxygen atoms in total. The van der Waals surface area contributed by atoms with Crippen LogP contribution < -0.4 is 16.0 Å². The lowest BCUT2D eigenvalue weighted by Gasteiger charge is -2.28. The molecule has 3 N–H and O–H groups in total. The van der Waals surface area contributed by atoms with E-state index in [-0.39, 0.29) is 17.5 Å². The minimum atomic E-state index is -0.199. The molecule has 2 unspecified atom stereocenters. The van der Waals surface area contributed by atoms with Gasteiger partial charge in [-0.2, -0.15) is 0 Å². The van der Waals surface area contributed by atoms with E-state index in [2.05, 4.69) is 22.9 Å². The van der Waals surface area contributed by atoms with E-state index in [1.807, 2.05) is 37.3 Å². The highest BCUT2D eigenvalue weighted by molar-refractivity contribution is 5.94. The normalized spacial score (nSPS) is 24.8. The van der Waals surface area contributed by atoms with Gasteiger partial charge in [-0.1, -0.05) is 18.2 Å². The number of amides is 1. The smallest absolute Gasteiger partial charge is 0.241 e. The Bertz CT molecular complexity index is 399. The van der Waals surface area contributed by atoms with E-state index in [1.54, 1.807) is 0 Å². The van der Waals surface area contributed by atoms with E-state index in [0.29, 0.717) is 0 Å². The highest BCUT2D eigenvalue weighted by atomic mass is 16.2. The Kier molecular flexibility index (Phi) is 3.99. The Morgan fingerprint density at radius 2 is 2.11 bits per heavy atom. The molecule has 1 aromatic carbocycles. The van der Waals surface area contributed by atoms with Crippen molar-refractivity contribution >= 4 is 11.6 Å². The molecule has 0 bridgehead atoms. The van der Waals surface area contributed by atoms with Crippen LogP contribution in [0.4, 0.5) is 5.69 Å². The highest BCUT2D eigenvalue weighted by Gasteiger charge is 2.31. The van der Waals surface area contributed by atoms with Crippen LogP contribution in [0.1, 0.15) is 20.3 Å². The zero-order valence-corrected chi connectivity index (χ0v) is 11.0. The third-order valence-electron chi connectivity index (χ3n) is 3.37. The number of anilines is 1. The summed E-state index contributed by atoms with van der Waals surface area (Å²) in [6.07, 6.45) is 1.05. The summed E-state index contributed by atoms with van der Waals surface area (Å²) >= 11 is 0. The molecule has 2 rings (SSSR count). The minimum Gasteiger partial charge on any atom is -0.325 e. The van der Waals surface area contributed by atoms with E-state index in [1.165, 1.54) is 0 Å². The van der Waals surface area contributed by atoms with E-state index in [0.717, 1.165) is 25.2 Å². The molecule has 2 atom stereocenters. The van der Waals surface area contributed by atoms with Crippen molar-refractivity contribution in [2.75, 3.05) is 18.4 Å². The van der Waals surface area contributed by atoms with Crippen molar-refractivity contribution in [1.82, 2.24) is 10.6 Å². The fourth-order valence-electron chi connectivity index (χ4n) is 2.30. The second-order valence-electron chi connectivity index (χ2n) is 5.21. The number of nitrogens with one attached hydrogen (secondary N) is 3. The molecular weight excluding hydrogens is 226 g/mol. The maximum absolute atomic E-state index is 12.0. The molecule has 98 valence electrons. The number of carbonyl (C=O) groups excluding carboxylic acids is 1. The van der Waals surface area contributed by atoms with Crippen molar-refractivity contribution in [2.24, 2.45) is 0 Å². The Balaban J connectivity index is 1.89. The molecule has 1 aliphatic heterocycles. The molecule has 18 heavy (non-hydrogen) atoms. The van der Waals surface area contributed by atoms with E-state index in [4.69, 9.17) is 0 Å². The quantitative estimate of drug-likeness (QED) is 0.753. The van der Waals surface area contributed by atoms with Gasteiger partial charge in [-0.25, -0.2) is 0 Å². The molecule has 1 heterocycles. The van der Waals surface area contributed by atoms with Crippen LogP contribution in [0.3, 0.4) is 0 Å². The van der Waals surface area contributed by atoms with E-state index < -0.39 is 0 Å². The fraction of sp³-hybridized carbons (Fsp3) is 0.500. The number of hydrogen-bond donors (Lipinski definition) is 3. The van der Waals surface area contributed by atoms with Crippen molar-refractivity contribution in [2.45, 2.75) is 31.8 Å². The van der Waals surface area contributed by atoms with Crippen LogP contribution in [-0.4, -0.2) is 30.6 Å². The Morgan fingerprint density at radius 1 is 1.39 bits per heavy atom. The van der Waals surface area contributed by atoms with Gasteiger partial charge in [0.2, 0.25) is 5.91 Å². The molecule has 1 aromatic rings. The van der Waals surface area contributed by atoms with E-state index in [9.17, 15) is 4.79 Å². The Labute approximate surface area is 108 Å². The van der Waals surface area contributed by atoms with Crippen molar-refractivity contribution in [3.05, 3.63) is 30.3 Å². The van der Waals surface area contributed by atoms with Gasteiger partial charge in [-0.15, -0.1) is 0 Å². The van der Waals surface area contributed by atoms with E-state index >= 15 is 0 Å². The number of rotatable bonds is 4. The summed E-state index contributed by atoms with van der Waals surface area (Å²) in [4.78, 5) is 12.0. The second-order valence-corrected chi connectivity index (χ2v) is 5.21. The zero-order valence-electron chi connectivity index (χ0n) is 11.0. The molecule has 0 radical (unpaired) electrons. The van der Waals surface area contributed by atoms with Crippen molar-refractivity contribution < 1.29 is 4.79 Å². The molecule has 1 fully saturated rings. The van der Waals surface area contributed by atoms with Gasteiger partial charge in [0.15, 0.2) is 0 Å². The SMILES string of the molecule is CC(NC1(C)CCNC1)C(=O)Nc1ccccc1. The topological polar surface area (TPSA) is 53.2 Å². The molecular formula is C14H21N3O. The third kappa shape index (κ3) is 3.31. The monoisotopic (exact) mass is 247 g/mol. The molecule has 4 heteroatoms. The summed E-state index contributed by atoms with van der Waals surface area (Å²) < 4.78 is 0. The van der Waals surface area contributed by atoms with Crippen molar-refractivity contribution in [3.63, 3.8) is 0 Å². The summed E-state index contributed by atoms with van der Waals surface area (Å²) in [6.45, 7) is 5.98. The average molecular weight is 247 g/mol. The number of para-hydroxylation sites is 1. The third-order valence-corrected chi connectivity index (χ3v) is 3.37. The van der Waals surface area contributed by atoms with Crippen LogP contribution >= 0.6 is 0 Å². The maximum atomic E-state index is 12.0. The molecule has 0 saturated carbocycles. The van der Waals surface area contributed by atoms with Crippen LogP contribution in [0.5, 0.6) is 0 Å². The van der Waals surface area contributed by atoms with Gasteiger partial charge in [-0.3, -0.25) is 10.1 Å². The second kappa shape index (κ2) is 5.50. The summed E-state index contributed by atoms with van der Waals surface area (Å²) in [7, 11) is 0. The molecule has 0 aliphatic carbocycles. The van der Waals surface area contributed by atoms with Crippen LogP contribution in [0.25, 0.3) is 0 Å². The van der Waals surface area contributed by atoms with Crippen LogP contribution in [0.2, 0.25) is 0 Å². The number of benzene rings is 1. The zero-order chi connectivity index (χ0) is 13.0. The number of carbonyl (C=O) groups is 1. The molecule has 0 spiro atoms. The van der Waals surface area contributed by atoms with Crippen LogP contribution in [0.15, 0.2) is 30.3 Å². The first-order valence-electron chi connectivity index (χ1n) is 6.43. The highest BCUT2D eigenvalue weighted by Crippen LogP contribution is 2.14. The van der Waals surface area contributed by atoms with Crippen molar-refractivity contribution in [3.8, 4) is 0 Å². The van der Waals surface area contributed by atoms with Crippen molar-refractivity contribution in [1.29, 1.82) is 0 Å². The summed E-state index contributed by atoms with van der Waals surface area (Å²) in [6, 6.07) is 9.34. The van der Waals surface area contributed by atoms with Gasteiger partial charge < -0.3 is 10.6 Å². The first-order chi connectivity index (χ1) is 8.59. The van der Waals surface area contributed by atoms with Crippen LogP contribution in [-0.2, 0) is 4.79 Å². The lowest BCUT2D eigenvalue weighted by Crippen LogP contribution is -2.52. The standard InChI is InChI=1S/C14H21N3O/c1-11(17-14(2)8-9-15-10-14)13(18)16-12-6-4-3-5-7-12/h3-7,11,15,17H,8-10H2,1-2H3,(H,16,18).